The number of carbonyl (C=O) groups excluding carboxylic acids is 2. The van der Waals surface area contributed by atoms with Gasteiger partial charge >= 0.3 is 5.97 Å². The molecule has 1 aliphatic rings. The molecule has 1 amide bonds. The third-order valence-corrected chi connectivity index (χ3v) is 15.3. The van der Waals surface area contributed by atoms with Crippen molar-refractivity contribution >= 4 is 11.9 Å². The van der Waals surface area contributed by atoms with Gasteiger partial charge in [-0.2, -0.15) is 0 Å². The van der Waals surface area contributed by atoms with Crippen LogP contribution in [0.1, 0.15) is 284 Å². The van der Waals surface area contributed by atoms with Gasteiger partial charge in [0.2, 0.25) is 5.91 Å². The van der Waals surface area contributed by atoms with E-state index in [2.05, 4.69) is 99.0 Å². The molecule has 0 bridgehead atoms. The van der Waals surface area contributed by atoms with Crippen molar-refractivity contribution in [2.45, 2.75) is 333 Å². The van der Waals surface area contributed by atoms with E-state index in [4.69, 9.17) is 14.2 Å². The standard InChI is InChI=1S/C70H123NO10/c1-4-7-10-13-16-19-22-25-27-28-29-30-31-32-33-34-35-37-39-42-45-48-51-54-57-63(74)69(78)71-61(62(73)56-53-50-47-44-41-38-24-21-18-15-12-9-6-3)60-79-70-68(67(77)66(76)64(59-72)80-70)81-65(75)58-55-52-49-46-43-40-36-26-23-20-17-14-11-8-5-2/h7,10,16,19-20,23,25,27,29-30,32-33,53,56,61-64,66-68,70,72-74,76-77H,4-6,8-9,11-15,17-18,21-22,24,26,28,31,34-52,54-55,57-60H2,1-3H3,(H,71,78)/b10-7-,19-16-,23-20-,27-25-,30-29-,33-32-,56-53+. The van der Waals surface area contributed by atoms with Gasteiger partial charge < -0.3 is 45.1 Å². The van der Waals surface area contributed by atoms with Gasteiger partial charge in [0.05, 0.1) is 25.4 Å². The normalized spacial score (nSPS) is 19.2. The lowest BCUT2D eigenvalue weighted by Gasteiger charge is -2.41. The number of rotatable bonds is 56. The predicted molar refractivity (Wildman–Crippen MR) is 338 cm³/mol. The summed E-state index contributed by atoms with van der Waals surface area (Å²) in [6.07, 6.45) is 64.7. The molecule has 0 aromatic rings. The van der Waals surface area contributed by atoms with Crippen LogP contribution in [0.15, 0.2) is 85.1 Å². The number of esters is 1. The second-order valence-corrected chi connectivity index (χ2v) is 22.8. The highest BCUT2D eigenvalue weighted by Gasteiger charge is 2.47. The maximum absolute atomic E-state index is 13.5. The largest absolute Gasteiger partial charge is 0.454 e. The Morgan fingerprint density at radius 1 is 0.494 bits per heavy atom. The average molecular weight is 1140 g/mol. The van der Waals surface area contributed by atoms with Gasteiger partial charge in [-0.15, -0.1) is 0 Å². The van der Waals surface area contributed by atoms with Crippen molar-refractivity contribution in [3.05, 3.63) is 85.1 Å². The molecule has 0 spiro atoms. The van der Waals surface area contributed by atoms with Crippen molar-refractivity contribution in [2.75, 3.05) is 13.2 Å². The molecule has 1 fully saturated rings. The number of nitrogens with one attached hydrogen (secondary N) is 1. The molecule has 0 aromatic heterocycles. The molecular formula is C70H123NO10. The molecule has 11 heteroatoms. The van der Waals surface area contributed by atoms with Gasteiger partial charge in [-0.1, -0.05) is 266 Å². The van der Waals surface area contributed by atoms with E-state index in [9.17, 15) is 35.1 Å². The predicted octanol–water partition coefficient (Wildman–Crippen LogP) is 16.5. The Morgan fingerprint density at radius 3 is 1.36 bits per heavy atom. The first-order valence-corrected chi connectivity index (χ1v) is 33.4. The molecular weight excluding hydrogens is 1010 g/mol. The number of hydrogen-bond donors (Lipinski definition) is 6. The lowest BCUT2D eigenvalue weighted by Crippen LogP contribution is -2.61. The van der Waals surface area contributed by atoms with Crippen LogP contribution in [-0.2, 0) is 23.8 Å². The van der Waals surface area contributed by atoms with E-state index in [0.717, 1.165) is 109 Å². The fraction of sp³-hybridized carbons (Fsp3) is 0.771. The molecule has 0 aromatic carbocycles. The van der Waals surface area contributed by atoms with Gasteiger partial charge in [0.25, 0.3) is 0 Å². The third kappa shape index (κ3) is 45.0. The van der Waals surface area contributed by atoms with E-state index < -0.39 is 67.4 Å². The number of aliphatic hydroxyl groups excluding tert-OH is 5. The summed E-state index contributed by atoms with van der Waals surface area (Å²) in [5.74, 6) is -1.20. The molecule has 0 aliphatic carbocycles. The summed E-state index contributed by atoms with van der Waals surface area (Å²) in [6.45, 7) is 5.67. The highest BCUT2D eigenvalue weighted by Crippen LogP contribution is 2.26. The van der Waals surface area contributed by atoms with Gasteiger partial charge in [0.15, 0.2) is 12.4 Å². The minimum atomic E-state index is -1.62. The SMILES string of the molecule is CC/C=C\C/C=C\C/C=C\C/C=C\C/C=C\CCCCCCCCCCC(O)C(=O)NC(COC1OC(CO)C(O)C(O)C1OC(=O)CCCCCCCCC/C=C\CCCCCC)C(O)/C=C/CCCCCCCCCCCCC. The summed E-state index contributed by atoms with van der Waals surface area (Å²) in [5.41, 5.74) is 0. The van der Waals surface area contributed by atoms with Crippen LogP contribution in [0.5, 0.6) is 0 Å². The van der Waals surface area contributed by atoms with E-state index in [-0.39, 0.29) is 19.4 Å². The zero-order valence-corrected chi connectivity index (χ0v) is 51.9. The lowest BCUT2D eigenvalue weighted by atomic mass is 9.99. The van der Waals surface area contributed by atoms with E-state index in [1.165, 1.54) is 128 Å². The molecule has 0 radical (unpaired) electrons. The van der Waals surface area contributed by atoms with Crippen LogP contribution in [0.25, 0.3) is 0 Å². The molecule has 0 saturated carbocycles. The summed E-state index contributed by atoms with van der Waals surface area (Å²) in [5, 5.41) is 57.1. The van der Waals surface area contributed by atoms with E-state index >= 15 is 0 Å². The maximum atomic E-state index is 13.5. The van der Waals surface area contributed by atoms with Gasteiger partial charge in [0, 0.05) is 6.42 Å². The monoisotopic (exact) mass is 1140 g/mol. The number of hydrogen-bond acceptors (Lipinski definition) is 10. The Hall–Kier alpha value is -3.16. The van der Waals surface area contributed by atoms with E-state index in [1.807, 2.05) is 6.08 Å². The van der Waals surface area contributed by atoms with Crippen molar-refractivity contribution in [3.8, 4) is 0 Å². The van der Waals surface area contributed by atoms with Crippen molar-refractivity contribution < 1.29 is 49.3 Å². The number of unbranched alkanes of at least 4 members (excludes halogenated alkanes) is 30. The molecule has 11 nitrogen and oxygen atoms in total. The fourth-order valence-corrected chi connectivity index (χ4v) is 10.0. The molecule has 8 atom stereocenters. The average Bonchev–Trinajstić information content (AvgIpc) is 3.46. The molecule has 81 heavy (non-hydrogen) atoms. The Bertz CT molecular complexity index is 1640. The Balaban J connectivity index is 2.64. The number of allylic oxidation sites excluding steroid dienone is 13. The number of amides is 1. The summed E-state index contributed by atoms with van der Waals surface area (Å²) in [7, 11) is 0. The topological polar surface area (TPSA) is 175 Å². The van der Waals surface area contributed by atoms with Crippen LogP contribution in [0, 0.1) is 0 Å². The minimum Gasteiger partial charge on any atom is -0.454 e. The summed E-state index contributed by atoms with van der Waals surface area (Å²) in [4.78, 5) is 26.6. The van der Waals surface area contributed by atoms with Crippen LogP contribution < -0.4 is 5.32 Å². The minimum absolute atomic E-state index is 0.116. The number of ether oxygens (including phenoxy) is 3. The number of aliphatic hydroxyl groups is 5. The zero-order valence-electron chi connectivity index (χ0n) is 51.9. The maximum Gasteiger partial charge on any atom is 0.306 e. The zero-order chi connectivity index (χ0) is 58.9. The molecule has 1 heterocycles. The molecule has 1 saturated heterocycles. The van der Waals surface area contributed by atoms with E-state index in [0.29, 0.717) is 12.8 Å². The lowest BCUT2D eigenvalue weighted by molar-refractivity contribution is -0.305. The first-order chi connectivity index (χ1) is 39.7. The fourth-order valence-electron chi connectivity index (χ4n) is 10.0. The van der Waals surface area contributed by atoms with Crippen LogP contribution in [0.2, 0.25) is 0 Å². The van der Waals surface area contributed by atoms with Crippen molar-refractivity contribution in [3.63, 3.8) is 0 Å². The van der Waals surface area contributed by atoms with Crippen molar-refractivity contribution in [1.82, 2.24) is 5.32 Å². The van der Waals surface area contributed by atoms with Crippen molar-refractivity contribution in [2.24, 2.45) is 0 Å². The summed E-state index contributed by atoms with van der Waals surface area (Å²) >= 11 is 0. The van der Waals surface area contributed by atoms with Gasteiger partial charge in [0.1, 0.15) is 24.4 Å². The Labute approximate surface area is 495 Å². The Morgan fingerprint density at radius 2 is 0.889 bits per heavy atom. The third-order valence-electron chi connectivity index (χ3n) is 15.3. The highest BCUT2D eigenvalue weighted by atomic mass is 16.7. The van der Waals surface area contributed by atoms with Crippen molar-refractivity contribution in [1.29, 1.82) is 0 Å². The summed E-state index contributed by atoms with van der Waals surface area (Å²) in [6, 6.07) is -1.03. The first-order valence-electron chi connectivity index (χ1n) is 33.4. The van der Waals surface area contributed by atoms with Crippen LogP contribution in [-0.4, -0.2) is 99.6 Å². The van der Waals surface area contributed by atoms with Crippen LogP contribution in [0.4, 0.5) is 0 Å². The second kappa shape index (κ2) is 57.3. The van der Waals surface area contributed by atoms with Crippen LogP contribution in [0.3, 0.4) is 0 Å². The Kier molecular flexibility index (Phi) is 53.6. The quantitative estimate of drug-likeness (QED) is 0.0195. The molecule has 468 valence electrons. The molecule has 8 unspecified atom stereocenters. The molecule has 6 N–H and O–H groups in total. The second-order valence-electron chi connectivity index (χ2n) is 22.8. The molecule has 1 aliphatic heterocycles. The van der Waals surface area contributed by atoms with Gasteiger partial charge in [-0.05, 0) is 96.3 Å². The van der Waals surface area contributed by atoms with E-state index in [1.54, 1.807) is 6.08 Å². The first kappa shape index (κ1) is 75.9. The smallest absolute Gasteiger partial charge is 0.306 e. The highest BCUT2D eigenvalue weighted by molar-refractivity contribution is 5.80. The van der Waals surface area contributed by atoms with Crippen LogP contribution >= 0.6 is 0 Å². The van der Waals surface area contributed by atoms with Gasteiger partial charge in [-0.25, -0.2) is 0 Å². The number of carbonyl (C=O) groups is 2. The summed E-state index contributed by atoms with van der Waals surface area (Å²) < 4.78 is 17.6. The van der Waals surface area contributed by atoms with Gasteiger partial charge in [-0.3, -0.25) is 9.59 Å². The molecule has 1 rings (SSSR count).